The number of phenols is 1. The highest BCUT2D eigenvalue weighted by Crippen LogP contribution is 2.31. The normalized spacial score (nSPS) is 10.8. The minimum Gasteiger partial charge on any atom is -0.507 e. The highest BCUT2D eigenvalue weighted by atomic mass is 16.4. The van der Waals surface area contributed by atoms with Crippen LogP contribution in [0.3, 0.4) is 0 Å². The summed E-state index contributed by atoms with van der Waals surface area (Å²) >= 11 is 0. The number of aromatic nitrogens is 2. The van der Waals surface area contributed by atoms with Gasteiger partial charge >= 0.3 is 5.97 Å². The number of carboxylic acid groups (broad SMARTS) is 1. The predicted molar refractivity (Wildman–Crippen MR) is 66.7 cm³/mol. The van der Waals surface area contributed by atoms with Crippen LogP contribution in [0.1, 0.15) is 35.8 Å². The van der Waals surface area contributed by atoms with Gasteiger partial charge in [0.15, 0.2) is 0 Å². The first-order chi connectivity index (χ1) is 8.49. The van der Waals surface area contributed by atoms with Crippen LogP contribution in [-0.4, -0.2) is 26.4 Å². The zero-order chi connectivity index (χ0) is 13.3. The topological polar surface area (TPSA) is 86.2 Å². The number of phenolic OH excluding ortho intramolecular Hbond substituents is 1. The molecule has 0 aliphatic carbocycles. The van der Waals surface area contributed by atoms with E-state index in [0.29, 0.717) is 17.2 Å². The summed E-state index contributed by atoms with van der Waals surface area (Å²) in [5, 5.41) is 25.0. The van der Waals surface area contributed by atoms with Crippen LogP contribution >= 0.6 is 0 Å². The summed E-state index contributed by atoms with van der Waals surface area (Å²) in [5.74, 6) is -0.657. The molecule has 0 radical (unpaired) electrons. The number of benzene rings is 1. The van der Waals surface area contributed by atoms with Crippen molar-refractivity contribution < 1.29 is 15.0 Å². The van der Waals surface area contributed by atoms with Gasteiger partial charge in [-0.15, -0.1) is 0 Å². The molecule has 0 fully saturated rings. The molecule has 0 spiro atoms. The number of aromatic carboxylic acids is 1. The van der Waals surface area contributed by atoms with Crippen molar-refractivity contribution >= 4 is 5.97 Å². The minimum atomic E-state index is -1.08. The molecule has 1 aromatic carbocycles. The molecule has 18 heavy (non-hydrogen) atoms. The zero-order valence-corrected chi connectivity index (χ0v) is 10.1. The Bertz CT molecular complexity index is 588. The molecule has 1 heterocycles. The van der Waals surface area contributed by atoms with E-state index in [9.17, 15) is 9.90 Å². The number of carboxylic acids is 1. The maximum absolute atomic E-state index is 10.7. The fourth-order valence-corrected chi connectivity index (χ4v) is 1.69. The molecule has 1 aromatic heterocycles. The van der Waals surface area contributed by atoms with Gasteiger partial charge in [-0.05, 0) is 29.7 Å². The van der Waals surface area contributed by atoms with Crippen LogP contribution < -0.4 is 0 Å². The zero-order valence-electron chi connectivity index (χ0n) is 10.1. The molecule has 3 N–H and O–H groups in total. The maximum Gasteiger partial charge on any atom is 0.353 e. The fraction of sp³-hybridized carbons (Fsp3) is 0.231. The van der Waals surface area contributed by atoms with E-state index >= 15 is 0 Å². The smallest absolute Gasteiger partial charge is 0.353 e. The van der Waals surface area contributed by atoms with E-state index in [1.165, 1.54) is 6.07 Å². The number of nitrogens with zero attached hydrogens (tertiary/aromatic N) is 1. The van der Waals surface area contributed by atoms with Crippen LogP contribution in [0.25, 0.3) is 11.3 Å². The van der Waals surface area contributed by atoms with Crippen molar-refractivity contribution in [3.8, 4) is 17.0 Å². The van der Waals surface area contributed by atoms with Gasteiger partial charge < -0.3 is 10.2 Å². The van der Waals surface area contributed by atoms with Gasteiger partial charge in [0.1, 0.15) is 11.4 Å². The molecule has 0 atom stereocenters. The molecule has 0 aliphatic heterocycles. The maximum atomic E-state index is 10.7. The van der Waals surface area contributed by atoms with Gasteiger partial charge in [0.25, 0.3) is 0 Å². The lowest BCUT2D eigenvalue weighted by molar-refractivity contribution is 0.0690. The van der Waals surface area contributed by atoms with Crippen molar-refractivity contribution in [2.75, 3.05) is 0 Å². The van der Waals surface area contributed by atoms with Crippen LogP contribution in [-0.2, 0) is 0 Å². The molecule has 0 bridgehead atoms. The Morgan fingerprint density at radius 1 is 1.33 bits per heavy atom. The first-order valence-electron chi connectivity index (χ1n) is 5.61. The molecule has 2 rings (SSSR count). The van der Waals surface area contributed by atoms with Crippen LogP contribution in [0.5, 0.6) is 5.75 Å². The summed E-state index contributed by atoms with van der Waals surface area (Å²) in [4.78, 5) is 10.7. The van der Waals surface area contributed by atoms with Crippen molar-refractivity contribution in [3.05, 3.63) is 35.5 Å². The largest absolute Gasteiger partial charge is 0.507 e. The van der Waals surface area contributed by atoms with E-state index in [1.54, 1.807) is 12.1 Å². The standard InChI is InChI=1S/C13H14N2O3/c1-7(2)8-3-4-9(12(16)5-8)10-6-11(13(17)18)15-14-10/h3-7,16H,1-2H3,(H,14,15)(H,17,18). The van der Waals surface area contributed by atoms with E-state index in [-0.39, 0.29) is 11.4 Å². The van der Waals surface area contributed by atoms with Gasteiger partial charge in [-0.25, -0.2) is 4.79 Å². The second kappa shape index (κ2) is 4.52. The SMILES string of the molecule is CC(C)c1ccc(-c2cc(C(=O)O)[nH]n2)c(O)c1. The predicted octanol–water partition coefficient (Wildman–Crippen LogP) is 2.60. The Morgan fingerprint density at radius 2 is 2.06 bits per heavy atom. The third-order valence-corrected chi connectivity index (χ3v) is 2.77. The van der Waals surface area contributed by atoms with Crippen molar-refractivity contribution in [1.82, 2.24) is 10.2 Å². The lowest BCUT2D eigenvalue weighted by Crippen LogP contribution is -1.95. The summed E-state index contributed by atoms with van der Waals surface area (Å²) in [7, 11) is 0. The van der Waals surface area contributed by atoms with Crippen molar-refractivity contribution in [2.45, 2.75) is 19.8 Å². The van der Waals surface area contributed by atoms with Crippen LogP contribution in [0.15, 0.2) is 24.3 Å². The minimum absolute atomic E-state index is 0.00247. The number of hydrogen-bond acceptors (Lipinski definition) is 3. The molecule has 0 saturated carbocycles. The van der Waals surface area contributed by atoms with Gasteiger partial charge in [0.2, 0.25) is 0 Å². The number of aromatic amines is 1. The van der Waals surface area contributed by atoms with Crippen molar-refractivity contribution in [1.29, 1.82) is 0 Å². The van der Waals surface area contributed by atoms with E-state index < -0.39 is 5.97 Å². The molecule has 0 aliphatic rings. The second-order valence-corrected chi connectivity index (χ2v) is 4.40. The average Bonchev–Trinajstić information content (AvgIpc) is 2.78. The van der Waals surface area contributed by atoms with Crippen LogP contribution in [0.4, 0.5) is 0 Å². The molecule has 0 amide bonds. The Labute approximate surface area is 104 Å². The second-order valence-electron chi connectivity index (χ2n) is 4.40. The van der Waals surface area contributed by atoms with Gasteiger partial charge in [-0.2, -0.15) is 5.10 Å². The third kappa shape index (κ3) is 2.20. The van der Waals surface area contributed by atoms with E-state index in [2.05, 4.69) is 10.2 Å². The lowest BCUT2D eigenvalue weighted by atomic mass is 10.00. The van der Waals surface area contributed by atoms with Gasteiger partial charge in [0.05, 0.1) is 5.69 Å². The summed E-state index contributed by atoms with van der Waals surface area (Å²) in [6, 6.07) is 6.71. The van der Waals surface area contributed by atoms with Crippen molar-refractivity contribution in [3.63, 3.8) is 0 Å². The number of aromatic hydroxyl groups is 1. The number of hydrogen-bond donors (Lipinski definition) is 3. The highest BCUT2D eigenvalue weighted by Gasteiger charge is 2.13. The molecular formula is C13H14N2O3. The lowest BCUT2D eigenvalue weighted by Gasteiger charge is -2.08. The summed E-state index contributed by atoms with van der Waals surface area (Å²) in [6.45, 7) is 4.07. The van der Waals surface area contributed by atoms with Crippen molar-refractivity contribution in [2.24, 2.45) is 0 Å². The number of nitrogens with one attached hydrogen (secondary N) is 1. The highest BCUT2D eigenvalue weighted by molar-refractivity contribution is 5.87. The summed E-state index contributed by atoms with van der Waals surface area (Å²) in [6.07, 6.45) is 0. The van der Waals surface area contributed by atoms with E-state index in [1.807, 2.05) is 19.9 Å². The Hall–Kier alpha value is -2.30. The number of carbonyl (C=O) groups is 1. The average molecular weight is 246 g/mol. The van der Waals surface area contributed by atoms with Crippen LogP contribution in [0.2, 0.25) is 0 Å². The van der Waals surface area contributed by atoms with Crippen LogP contribution in [0, 0.1) is 0 Å². The number of rotatable bonds is 3. The van der Waals surface area contributed by atoms with Gasteiger partial charge in [-0.3, -0.25) is 5.10 Å². The summed E-state index contributed by atoms with van der Waals surface area (Å²) in [5.41, 5.74) is 1.95. The molecule has 0 saturated heterocycles. The first-order valence-corrected chi connectivity index (χ1v) is 5.61. The Kier molecular flexibility index (Phi) is 3.06. The van der Waals surface area contributed by atoms with E-state index in [4.69, 9.17) is 5.11 Å². The molecule has 0 unspecified atom stereocenters. The molecule has 5 nitrogen and oxygen atoms in total. The Morgan fingerprint density at radius 3 is 2.56 bits per heavy atom. The molecule has 5 heteroatoms. The Balaban J connectivity index is 2.41. The molecule has 94 valence electrons. The third-order valence-electron chi connectivity index (χ3n) is 2.77. The quantitative estimate of drug-likeness (QED) is 0.777. The molecule has 2 aromatic rings. The molecular weight excluding hydrogens is 232 g/mol. The number of H-pyrrole nitrogens is 1. The van der Waals surface area contributed by atoms with E-state index in [0.717, 1.165) is 5.56 Å². The van der Waals surface area contributed by atoms with Gasteiger partial charge in [-0.1, -0.05) is 19.9 Å². The monoisotopic (exact) mass is 246 g/mol. The van der Waals surface area contributed by atoms with Gasteiger partial charge in [0, 0.05) is 5.56 Å². The first kappa shape index (κ1) is 12.2. The summed E-state index contributed by atoms with van der Waals surface area (Å²) < 4.78 is 0. The fourth-order valence-electron chi connectivity index (χ4n) is 1.69.